The number of aromatic nitrogens is 2. The van der Waals surface area contributed by atoms with Crippen molar-refractivity contribution in [3.63, 3.8) is 0 Å². The van der Waals surface area contributed by atoms with E-state index in [0.717, 1.165) is 38.2 Å². The van der Waals surface area contributed by atoms with Gasteiger partial charge in [-0.05, 0) is 37.2 Å². The van der Waals surface area contributed by atoms with E-state index in [2.05, 4.69) is 20.4 Å². The highest BCUT2D eigenvalue weighted by atomic mass is 16.5. The molecule has 1 aromatic carbocycles. The van der Waals surface area contributed by atoms with Gasteiger partial charge in [-0.15, -0.1) is 0 Å². The maximum absolute atomic E-state index is 9.27. The standard InChI is InChI=1S/C15H20N4O2/c20-13-4-2-12(3-5-13)10-14-17-15(21-18-14)11-19-8-1-6-16-7-9-19/h2-5,16,20H,1,6-11H2. The minimum Gasteiger partial charge on any atom is -0.508 e. The minimum atomic E-state index is 0.266. The molecule has 2 aromatic rings. The van der Waals surface area contributed by atoms with E-state index in [1.54, 1.807) is 12.1 Å². The highest BCUT2D eigenvalue weighted by molar-refractivity contribution is 5.27. The lowest BCUT2D eigenvalue weighted by molar-refractivity contribution is 0.238. The lowest BCUT2D eigenvalue weighted by atomic mass is 10.1. The molecule has 1 saturated heterocycles. The zero-order valence-corrected chi connectivity index (χ0v) is 12.0. The van der Waals surface area contributed by atoms with Gasteiger partial charge in [0.1, 0.15) is 5.75 Å². The van der Waals surface area contributed by atoms with Gasteiger partial charge < -0.3 is 14.9 Å². The molecule has 0 unspecified atom stereocenters. The van der Waals surface area contributed by atoms with E-state index in [4.69, 9.17) is 4.52 Å². The molecule has 1 fully saturated rings. The van der Waals surface area contributed by atoms with Crippen molar-refractivity contribution in [1.82, 2.24) is 20.4 Å². The summed E-state index contributed by atoms with van der Waals surface area (Å²) < 4.78 is 5.33. The Morgan fingerprint density at radius 1 is 1.19 bits per heavy atom. The lowest BCUT2D eigenvalue weighted by Gasteiger charge is -2.16. The van der Waals surface area contributed by atoms with Crippen LogP contribution in [-0.2, 0) is 13.0 Å². The summed E-state index contributed by atoms with van der Waals surface area (Å²) >= 11 is 0. The Morgan fingerprint density at radius 3 is 2.90 bits per heavy atom. The molecule has 3 rings (SSSR count). The minimum absolute atomic E-state index is 0.266. The van der Waals surface area contributed by atoms with Crippen molar-refractivity contribution in [3.8, 4) is 5.75 Å². The van der Waals surface area contributed by atoms with Crippen molar-refractivity contribution in [1.29, 1.82) is 0 Å². The van der Waals surface area contributed by atoms with Crippen LogP contribution in [0.2, 0.25) is 0 Å². The maximum Gasteiger partial charge on any atom is 0.240 e. The van der Waals surface area contributed by atoms with Crippen LogP contribution in [0.15, 0.2) is 28.8 Å². The fourth-order valence-electron chi connectivity index (χ4n) is 2.47. The summed E-state index contributed by atoms with van der Waals surface area (Å²) in [5, 5.41) is 16.7. The van der Waals surface area contributed by atoms with E-state index >= 15 is 0 Å². The van der Waals surface area contributed by atoms with E-state index in [9.17, 15) is 5.11 Å². The lowest BCUT2D eigenvalue weighted by Crippen LogP contribution is -2.27. The second-order valence-electron chi connectivity index (χ2n) is 5.33. The molecule has 0 aliphatic carbocycles. The molecule has 0 amide bonds. The Labute approximate surface area is 123 Å². The number of hydrogen-bond acceptors (Lipinski definition) is 6. The van der Waals surface area contributed by atoms with Crippen LogP contribution < -0.4 is 5.32 Å². The second kappa shape index (κ2) is 6.69. The fraction of sp³-hybridized carbons (Fsp3) is 0.467. The molecular weight excluding hydrogens is 268 g/mol. The molecule has 2 heterocycles. The first kappa shape index (κ1) is 14.0. The Bertz CT molecular complexity index is 559. The predicted octanol–water partition coefficient (Wildman–Crippen LogP) is 1.16. The molecule has 21 heavy (non-hydrogen) atoms. The third-order valence-corrected chi connectivity index (χ3v) is 3.60. The topological polar surface area (TPSA) is 74.4 Å². The van der Waals surface area contributed by atoms with Gasteiger partial charge in [0.05, 0.1) is 6.54 Å². The van der Waals surface area contributed by atoms with E-state index in [1.165, 1.54) is 0 Å². The molecule has 2 N–H and O–H groups in total. The predicted molar refractivity (Wildman–Crippen MR) is 78.0 cm³/mol. The van der Waals surface area contributed by atoms with Gasteiger partial charge >= 0.3 is 0 Å². The Morgan fingerprint density at radius 2 is 2.05 bits per heavy atom. The summed E-state index contributed by atoms with van der Waals surface area (Å²) in [5.41, 5.74) is 1.05. The fourth-order valence-corrected chi connectivity index (χ4v) is 2.47. The third-order valence-electron chi connectivity index (χ3n) is 3.60. The van der Waals surface area contributed by atoms with E-state index in [-0.39, 0.29) is 5.75 Å². The first-order valence-corrected chi connectivity index (χ1v) is 7.32. The number of nitrogens with zero attached hydrogens (tertiary/aromatic N) is 3. The largest absolute Gasteiger partial charge is 0.508 e. The van der Waals surface area contributed by atoms with Gasteiger partial charge in [0.15, 0.2) is 5.82 Å². The average molecular weight is 288 g/mol. The number of rotatable bonds is 4. The highest BCUT2D eigenvalue weighted by Gasteiger charge is 2.13. The highest BCUT2D eigenvalue weighted by Crippen LogP contribution is 2.13. The molecule has 0 bridgehead atoms. The summed E-state index contributed by atoms with van der Waals surface area (Å²) in [7, 11) is 0. The Kier molecular flexibility index (Phi) is 4.47. The summed E-state index contributed by atoms with van der Waals surface area (Å²) in [4.78, 5) is 6.78. The van der Waals surface area contributed by atoms with E-state index in [1.807, 2.05) is 12.1 Å². The van der Waals surface area contributed by atoms with Crippen LogP contribution in [0.3, 0.4) is 0 Å². The summed E-state index contributed by atoms with van der Waals surface area (Å²) in [5.74, 6) is 1.62. The van der Waals surface area contributed by atoms with Gasteiger partial charge in [-0.1, -0.05) is 17.3 Å². The first-order chi connectivity index (χ1) is 10.3. The van der Waals surface area contributed by atoms with Crippen molar-refractivity contribution in [2.45, 2.75) is 19.4 Å². The maximum atomic E-state index is 9.27. The third kappa shape index (κ3) is 4.03. The number of nitrogens with one attached hydrogen (secondary N) is 1. The molecule has 1 aliphatic rings. The second-order valence-corrected chi connectivity index (χ2v) is 5.33. The molecule has 112 valence electrons. The molecular formula is C15H20N4O2. The van der Waals surface area contributed by atoms with E-state index < -0.39 is 0 Å². The SMILES string of the molecule is Oc1ccc(Cc2noc(CN3CCCNCC3)n2)cc1. The Balaban J connectivity index is 1.59. The molecule has 0 atom stereocenters. The number of hydrogen-bond donors (Lipinski definition) is 2. The zero-order valence-electron chi connectivity index (χ0n) is 12.0. The van der Waals surface area contributed by atoms with Crippen molar-refractivity contribution in [2.24, 2.45) is 0 Å². The zero-order chi connectivity index (χ0) is 14.5. The molecule has 6 nitrogen and oxygen atoms in total. The quantitative estimate of drug-likeness (QED) is 0.879. The number of benzene rings is 1. The Hall–Kier alpha value is -1.92. The molecule has 1 aromatic heterocycles. The van der Waals surface area contributed by atoms with Crippen molar-refractivity contribution in [3.05, 3.63) is 41.5 Å². The molecule has 6 heteroatoms. The number of phenols is 1. The van der Waals surface area contributed by atoms with Crippen LogP contribution in [-0.4, -0.2) is 46.3 Å². The van der Waals surface area contributed by atoms with Crippen LogP contribution in [0.4, 0.5) is 0 Å². The van der Waals surface area contributed by atoms with Crippen molar-refractivity contribution < 1.29 is 9.63 Å². The van der Waals surface area contributed by atoms with E-state index in [0.29, 0.717) is 24.7 Å². The first-order valence-electron chi connectivity index (χ1n) is 7.32. The normalized spacial score (nSPS) is 16.8. The van der Waals surface area contributed by atoms with Gasteiger partial charge in [-0.2, -0.15) is 4.98 Å². The van der Waals surface area contributed by atoms with Crippen LogP contribution in [0, 0.1) is 0 Å². The van der Waals surface area contributed by atoms with Gasteiger partial charge in [-0.25, -0.2) is 0 Å². The van der Waals surface area contributed by atoms with Gasteiger partial charge in [0.2, 0.25) is 5.89 Å². The summed E-state index contributed by atoms with van der Waals surface area (Å²) in [6, 6.07) is 7.07. The summed E-state index contributed by atoms with van der Waals surface area (Å²) in [6.45, 7) is 4.86. The van der Waals surface area contributed by atoms with Crippen molar-refractivity contribution in [2.75, 3.05) is 26.2 Å². The van der Waals surface area contributed by atoms with Gasteiger partial charge in [0, 0.05) is 19.5 Å². The van der Waals surface area contributed by atoms with Crippen LogP contribution in [0.25, 0.3) is 0 Å². The van der Waals surface area contributed by atoms with Crippen LogP contribution in [0.1, 0.15) is 23.7 Å². The number of phenolic OH excluding ortho intramolecular Hbond substituents is 1. The number of aromatic hydroxyl groups is 1. The molecule has 0 spiro atoms. The average Bonchev–Trinajstić information content (AvgIpc) is 2.75. The molecule has 0 radical (unpaired) electrons. The van der Waals surface area contributed by atoms with Gasteiger partial charge in [0.25, 0.3) is 0 Å². The van der Waals surface area contributed by atoms with Crippen LogP contribution in [0.5, 0.6) is 5.75 Å². The smallest absolute Gasteiger partial charge is 0.240 e. The van der Waals surface area contributed by atoms with Crippen molar-refractivity contribution >= 4 is 0 Å². The molecule has 1 aliphatic heterocycles. The monoisotopic (exact) mass is 288 g/mol. The van der Waals surface area contributed by atoms with Gasteiger partial charge in [-0.3, -0.25) is 4.90 Å². The summed E-state index contributed by atoms with van der Waals surface area (Å²) in [6.07, 6.45) is 1.76. The molecule has 0 saturated carbocycles. The van der Waals surface area contributed by atoms with Crippen LogP contribution >= 0.6 is 0 Å².